The van der Waals surface area contributed by atoms with Crippen LogP contribution in [0.15, 0.2) is 22.5 Å². The number of allylic oxidation sites excluding steroid dienone is 1. The highest BCUT2D eigenvalue weighted by Crippen LogP contribution is 2.19. The Bertz CT molecular complexity index is 370. The van der Waals surface area contributed by atoms with E-state index in [4.69, 9.17) is 0 Å². The Balaban J connectivity index is 1.72. The van der Waals surface area contributed by atoms with Gasteiger partial charge in [-0.15, -0.1) is 11.3 Å². The van der Waals surface area contributed by atoms with Crippen molar-refractivity contribution < 1.29 is 4.79 Å². The number of amides is 1. The molecule has 0 bridgehead atoms. The quantitative estimate of drug-likeness (QED) is 0.817. The predicted octanol–water partition coefficient (Wildman–Crippen LogP) is 2.76. The van der Waals surface area contributed by atoms with E-state index in [0.717, 1.165) is 13.0 Å². The summed E-state index contributed by atoms with van der Waals surface area (Å²) in [6.45, 7) is 0.724. The standard InChI is InChI=1S/C12H16N2OS/c15-12(11-8-16-9-14-11)13-7-6-10-4-2-1-3-5-10/h4,8-9H,1-3,5-7H2,(H,13,15). The summed E-state index contributed by atoms with van der Waals surface area (Å²) in [4.78, 5) is 15.5. The Morgan fingerprint density at radius 3 is 3.12 bits per heavy atom. The van der Waals surface area contributed by atoms with Crippen LogP contribution in [0.1, 0.15) is 42.6 Å². The lowest BCUT2D eigenvalue weighted by Crippen LogP contribution is -2.25. The minimum Gasteiger partial charge on any atom is -0.350 e. The average molecular weight is 236 g/mol. The van der Waals surface area contributed by atoms with Gasteiger partial charge in [-0.3, -0.25) is 4.79 Å². The minimum atomic E-state index is -0.0577. The summed E-state index contributed by atoms with van der Waals surface area (Å²) >= 11 is 1.45. The summed E-state index contributed by atoms with van der Waals surface area (Å²) in [5, 5.41) is 4.67. The van der Waals surface area contributed by atoms with Crippen molar-refractivity contribution in [1.29, 1.82) is 0 Å². The third kappa shape index (κ3) is 3.17. The van der Waals surface area contributed by atoms with E-state index in [1.54, 1.807) is 10.9 Å². The molecule has 1 N–H and O–H groups in total. The van der Waals surface area contributed by atoms with Crippen LogP contribution in [0.2, 0.25) is 0 Å². The second-order valence-corrected chi connectivity index (χ2v) is 4.71. The largest absolute Gasteiger partial charge is 0.350 e. The van der Waals surface area contributed by atoms with Gasteiger partial charge in [-0.05, 0) is 32.1 Å². The summed E-state index contributed by atoms with van der Waals surface area (Å²) in [6.07, 6.45) is 8.32. The van der Waals surface area contributed by atoms with E-state index in [1.807, 2.05) is 0 Å². The van der Waals surface area contributed by atoms with Crippen LogP contribution in [0.4, 0.5) is 0 Å². The van der Waals surface area contributed by atoms with Gasteiger partial charge in [0, 0.05) is 11.9 Å². The highest BCUT2D eigenvalue weighted by Gasteiger charge is 2.07. The van der Waals surface area contributed by atoms with Crippen molar-refractivity contribution in [3.8, 4) is 0 Å². The van der Waals surface area contributed by atoms with Gasteiger partial charge in [0.25, 0.3) is 5.91 Å². The number of carbonyl (C=O) groups excluding carboxylic acids is 1. The molecule has 16 heavy (non-hydrogen) atoms. The molecule has 3 nitrogen and oxygen atoms in total. The molecule has 1 amide bonds. The number of rotatable bonds is 4. The van der Waals surface area contributed by atoms with E-state index < -0.39 is 0 Å². The SMILES string of the molecule is O=C(NCCC1=CCCCC1)c1cscn1. The van der Waals surface area contributed by atoms with Crippen molar-refractivity contribution in [2.75, 3.05) is 6.54 Å². The monoisotopic (exact) mass is 236 g/mol. The topological polar surface area (TPSA) is 42.0 Å². The van der Waals surface area contributed by atoms with Crippen LogP contribution in [-0.2, 0) is 0 Å². The van der Waals surface area contributed by atoms with Crippen molar-refractivity contribution in [3.63, 3.8) is 0 Å². The fourth-order valence-corrected chi connectivity index (χ4v) is 2.42. The maximum atomic E-state index is 11.6. The van der Waals surface area contributed by atoms with Crippen molar-refractivity contribution in [1.82, 2.24) is 10.3 Å². The van der Waals surface area contributed by atoms with Gasteiger partial charge in [0.2, 0.25) is 0 Å². The van der Waals surface area contributed by atoms with Gasteiger partial charge in [-0.25, -0.2) is 4.98 Å². The number of nitrogens with one attached hydrogen (secondary N) is 1. The van der Waals surface area contributed by atoms with Gasteiger partial charge in [0.1, 0.15) is 5.69 Å². The maximum absolute atomic E-state index is 11.6. The molecule has 1 aliphatic carbocycles. The van der Waals surface area contributed by atoms with E-state index in [1.165, 1.54) is 42.6 Å². The molecular formula is C12H16N2OS. The summed E-state index contributed by atoms with van der Waals surface area (Å²) in [5.41, 5.74) is 3.70. The zero-order valence-electron chi connectivity index (χ0n) is 9.24. The molecule has 0 spiro atoms. The minimum absolute atomic E-state index is 0.0577. The third-order valence-electron chi connectivity index (χ3n) is 2.78. The van der Waals surface area contributed by atoms with Crippen LogP contribution in [0.5, 0.6) is 0 Å². The number of hydrogen-bond acceptors (Lipinski definition) is 3. The van der Waals surface area contributed by atoms with E-state index in [-0.39, 0.29) is 5.91 Å². The van der Waals surface area contributed by atoms with Gasteiger partial charge in [-0.2, -0.15) is 0 Å². The number of aromatic nitrogens is 1. The molecule has 0 aliphatic heterocycles. The molecule has 1 aliphatic rings. The smallest absolute Gasteiger partial charge is 0.270 e. The van der Waals surface area contributed by atoms with Crippen molar-refractivity contribution in [3.05, 3.63) is 28.2 Å². The Morgan fingerprint density at radius 1 is 1.50 bits per heavy atom. The first kappa shape index (κ1) is 11.3. The lowest BCUT2D eigenvalue weighted by atomic mass is 9.97. The summed E-state index contributed by atoms with van der Waals surface area (Å²) < 4.78 is 0. The van der Waals surface area contributed by atoms with Crippen LogP contribution in [0, 0.1) is 0 Å². The molecule has 86 valence electrons. The van der Waals surface area contributed by atoms with Gasteiger partial charge in [0.05, 0.1) is 5.51 Å². The molecule has 1 heterocycles. The first-order chi connectivity index (χ1) is 7.86. The summed E-state index contributed by atoms with van der Waals surface area (Å²) in [5.74, 6) is -0.0577. The third-order valence-corrected chi connectivity index (χ3v) is 3.37. The second-order valence-electron chi connectivity index (χ2n) is 3.99. The van der Waals surface area contributed by atoms with Gasteiger partial charge < -0.3 is 5.32 Å². The van der Waals surface area contributed by atoms with E-state index >= 15 is 0 Å². The fourth-order valence-electron chi connectivity index (χ4n) is 1.88. The zero-order valence-corrected chi connectivity index (χ0v) is 10.1. The molecule has 0 atom stereocenters. The molecule has 1 aromatic heterocycles. The Kier molecular flexibility index (Phi) is 4.10. The van der Waals surface area contributed by atoms with Crippen LogP contribution in [-0.4, -0.2) is 17.4 Å². The molecule has 0 radical (unpaired) electrons. The Hall–Kier alpha value is -1.16. The summed E-state index contributed by atoms with van der Waals surface area (Å²) in [6, 6.07) is 0. The lowest BCUT2D eigenvalue weighted by Gasteiger charge is -2.12. The number of carbonyl (C=O) groups is 1. The van der Waals surface area contributed by atoms with Crippen LogP contribution < -0.4 is 5.32 Å². The molecule has 0 unspecified atom stereocenters. The predicted molar refractivity (Wildman–Crippen MR) is 65.6 cm³/mol. The molecular weight excluding hydrogens is 220 g/mol. The van der Waals surface area contributed by atoms with Crippen molar-refractivity contribution in [2.24, 2.45) is 0 Å². The first-order valence-corrected chi connectivity index (χ1v) is 6.65. The van der Waals surface area contributed by atoms with E-state index in [0.29, 0.717) is 5.69 Å². The van der Waals surface area contributed by atoms with Crippen LogP contribution in [0.25, 0.3) is 0 Å². The molecule has 0 saturated carbocycles. The maximum Gasteiger partial charge on any atom is 0.270 e. The van der Waals surface area contributed by atoms with Crippen molar-refractivity contribution in [2.45, 2.75) is 32.1 Å². The molecule has 0 fully saturated rings. The molecule has 0 saturated heterocycles. The number of hydrogen-bond donors (Lipinski definition) is 1. The zero-order chi connectivity index (χ0) is 11.2. The van der Waals surface area contributed by atoms with E-state index in [2.05, 4.69) is 16.4 Å². The molecule has 1 aromatic rings. The molecule has 0 aromatic carbocycles. The fraction of sp³-hybridized carbons (Fsp3) is 0.500. The van der Waals surface area contributed by atoms with Crippen molar-refractivity contribution >= 4 is 17.2 Å². The number of thiazole rings is 1. The highest BCUT2D eigenvalue weighted by atomic mass is 32.1. The lowest BCUT2D eigenvalue weighted by molar-refractivity contribution is 0.0950. The Labute approximate surface area is 99.6 Å². The van der Waals surface area contributed by atoms with E-state index in [9.17, 15) is 4.79 Å². The summed E-state index contributed by atoms with van der Waals surface area (Å²) in [7, 11) is 0. The molecule has 2 rings (SSSR count). The van der Waals surface area contributed by atoms with Crippen LogP contribution >= 0.6 is 11.3 Å². The molecule has 4 heteroatoms. The van der Waals surface area contributed by atoms with Crippen LogP contribution in [0.3, 0.4) is 0 Å². The van der Waals surface area contributed by atoms with Gasteiger partial charge in [-0.1, -0.05) is 11.6 Å². The number of nitrogens with zero attached hydrogens (tertiary/aromatic N) is 1. The second kappa shape index (κ2) is 5.80. The average Bonchev–Trinajstić information content (AvgIpc) is 2.84. The van der Waals surface area contributed by atoms with Gasteiger partial charge >= 0.3 is 0 Å². The Morgan fingerprint density at radius 2 is 2.44 bits per heavy atom. The van der Waals surface area contributed by atoms with Gasteiger partial charge in [0.15, 0.2) is 0 Å². The first-order valence-electron chi connectivity index (χ1n) is 5.70. The normalized spacial score (nSPS) is 15.6. The highest BCUT2D eigenvalue weighted by molar-refractivity contribution is 7.07.